The minimum absolute atomic E-state index is 0.143. The smallest absolute Gasteiger partial charge is 0.352 e. The molecule has 1 fully saturated rings. The van der Waals surface area contributed by atoms with E-state index in [1.165, 1.54) is 12.1 Å². The summed E-state index contributed by atoms with van der Waals surface area (Å²) in [4.78, 5) is 12.3. The molecule has 3 rings (SSSR count). The molecule has 1 N–H and O–H groups in total. The van der Waals surface area contributed by atoms with E-state index in [4.69, 9.17) is 0 Å². The second-order valence-corrected chi connectivity index (χ2v) is 9.87. The van der Waals surface area contributed by atoms with Gasteiger partial charge in [0.05, 0.1) is 10.5 Å². The highest BCUT2D eigenvalue weighted by Gasteiger charge is 2.30. The second-order valence-electron chi connectivity index (χ2n) is 7.93. The van der Waals surface area contributed by atoms with Gasteiger partial charge in [0.25, 0.3) is 0 Å². The summed E-state index contributed by atoms with van der Waals surface area (Å²) < 4.78 is 64.9. The van der Waals surface area contributed by atoms with Crippen molar-refractivity contribution in [2.45, 2.75) is 56.1 Å². The van der Waals surface area contributed by atoms with Crippen molar-refractivity contribution >= 4 is 15.9 Å². The van der Waals surface area contributed by atoms with Crippen LogP contribution >= 0.6 is 0 Å². The van der Waals surface area contributed by atoms with E-state index in [2.05, 4.69) is 5.32 Å². The standard InChI is InChI=1S/C23H27F3N2O3S/c24-23(25,26)20-10-5-19(6-11-20)17-27-22(29)14-9-18-7-12-21(13-8-18)32(30,31)28-15-3-1-2-4-16-28/h5-8,10-13H,1-4,9,14-17H2,(H,27,29). The molecule has 1 heterocycles. The third-order valence-corrected chi connectivity index (χ3v) is 7.45. The maximum atomic E-state index is 12.8. The van der Waals surface area contributed by atoms with Gasteiger partial charge in [-0.15, -0.1) is 0 Å². The van der Waals surface area contributed by atoms with Gasteiger partial charge in [0.2, 0.25) is 15.9 Å². The average Bonchev–Trinajstić information content (AvgIpc) is 3.06. The van der Waals surface area contributed by atoms with E-state index in [9.17, 15) is 26.4 Å². The Hall–Kier alpha value is -2.39. The molecule has 1 amide bonds. The Morgan fingerprint density at radius 2 is 1.44 bits per heavy atom. The van der Waals surface area contributed by atoms with Crippen LogP contribution in [0.5, 0.6) is 0 Å². The lowest BCUT2D eigenvalue weighted by molar-refractivity contribution is -0.137. The van der Waals surface area contributed by atoms with E-state index in [1.54, 1.807) is 28.6 Å². The van der Waals surface area contributed by atoms with Crippen molar-refractivity contribution < 1.29 is 26.4 Å². The van der Waals surface area contributed by atoms with Crippen LogP contribution in [-0.4, -0.2) is 31.7 Å². The third kappa shape index (κ3) is 6.56. The highest BCUT2D eigenvalue weighted by molar-refractivity contribution is 7.89. The second kappa shape index (κ2) is 10.5. The molecular weight excluding hydrogens is 441 g/mol. The Bertz CT molecular complexity index is 996. The first-order valence-electron chi connectivity index (χ1n) is 10.7. The van der Waals surface area contributed by atoms with Crippen molar-refractivity contribution in [2.24, 2.45) is 0 Å². The predicted molar refractivity (Wildman–Crippen MR) is 115 cm³/mol. The Labute approximate surface area is 186 Å². The van der Waals surface area contributed by atoms with E-state index < -0.39 is 21.8 Å². The van der Waals surface area contributed by atoms with Crippen LogP contribution in [0.15, 0.2) is 53.4 Å². The molecule has 1 saturated heterocycles. The molecule has 2 aromatic rings. The summed E-state index contributed by atoms with van der Waals surface area (Å²) in [6.45, 7) is 1.23. The molecule has 32 heavy (non-hydrogen) atoms. The van der Waals surface area contributed by atoms with Crippen LogP contribution in [0, 0.1) is 0 Å². The van der Waals surface area contributed by atoms with Gasteiger partial charge in [-0.2, -0.15) is 17.5 Å². The molecule has 1 aliphatic heterocycles. The predicted octanol–water partition coefficient (Wildman–Crippen LogP) is 4.52. The van der Waals surface area contributed by atoms with Crippen LogP contribution in [0.2, 0.25) is 0 Å². The zero-order chi connectivity index (χ0) is 23.2. The summed E-state index contributed by atoms with van der Waals surface area (Å²) in [6, 6.07) is 11.2. The lowest BCUT2D eigenvalue weighted by atomic mass is 10.1. The van der Waals surface area contributed by atoms with E-state index in [0.29, 0.717) is 25.1 Å². The normalized spacial score (nSPS) is 15.8. The SMILES string of the molecule is O=C(CCc1ccc(S(=O)(=O)N2CCCCCC2)cc1)NCc1ccc(C(F)(F)F)cc1. The molecule has 9 heteroatoms. The molecule has 0 aliphatic carbocycles. The molecule has 1 aliphatic rings. The van der Waals surface area contributed by atoms with Crippen molar-refractivity contribution in [2.75, 3.05) is 13.1 Å². The van der Waals surface area contributed by atoms with Crippen molar-refractivity contribution in [1.29, 1.82) is 0 Å². The van der Waals surface area contributed by atoms with Gasteiger partial charge in [-0.05, 0) is 54.7 Å². The van der Waals surface area contributed by atoms with E-state index in [0.717, 1.165) is 43.4 Å². The van der Waals surface area contributed by atoms with Crippen molar-refractivity contribution in [3.8, 4) is 0 Å². The zero-order valence-corrected chi connectivity index (χ0v) is 18.5. The fraction of sp³-hybridized carbons (Fsp3) is 0.435. The Morgan fingerprint density at radius 1 is 0.875 bits per heavy atom. The number of rotatable bonds is 7. The zero-order valence-electron chi connectivity index (χ0n) is 17.7. The van der Waals surface area contributed by atoms with E-state index >= 15 is 0 Å². The number of alkyl halides is 3. The quantitative estimate of drug-likeness (QED) is 0.650. The van der Waals surface area contributed by atoms with Crippen LogP contribution in [0.3, 0.4) is 0 Å². The maximum Gasteiger partial charge on any atom is 0.416 e. The number of carbonyl (C=O) groups excluding carboxylic acids is 1. The van der Waals surface area contributed by atoms with Crippen LogP contribution < -0.4 is 5.32 Å². The maximum absolute atomic E-state index is 12.8. The van der Waals surface area contributed by atoms with Gasteiger partial charge in [-0.1, -0.05) is 37.1 Å². The van der Waals surface area contributed by atoms with Gasteiger partial charge in [-0.3, -0.25) is 4.79 Å². The number of nitrogens with zero attached hydrogens (tertiary/aromatic N) is 1. The van der Waals surface area contributed by atoms with Crippen molar-refractivity contribution in [3.05, 3.63) is 65.2 Å². The van der Waals surface area contributed by atoms with Crippen molar-refractivity contribution in [3.63, 3.8) is 0 Å². The molecule has 0 radical (unpaired) electrons. The summed E-state index contributed by atoms with van der Waals surface area (Å²) >= 11 is 0. The Balaban J connectivity index is 1.49. The number of halogens is 3. The molecule has 0 atom stereocenters. The fourth-order valence-corrected chi connectivity index (χ4v) is 5.13. The molecule has 0 saturated carbocycles. The number of nitrogens with one attached hydrogen (secondary N) is 1. The molecule has 5 nitrogen and oxygen atoms in total. The number of amides is 1. The molecule has 0 unspecified atom stereocenters. The number of hydrogen-bond donors (Lipinski definition) is 1. The highest BCUT2D eigenvalue weighted by atomic mass is 32.2. The van der Waals surface area contributed by atoms with Gasteiger partial charge in [0.15, 0.2) is 0 Å². The molecule has 0 spiro atoms. The molecular formula is C23H27F3N2O3S. The monoisotopic (exact) mass is 468 g/mol. The lowest BCUT2D eigenvalue weighted by Crippen LogP contribution is -2.31. The number of carbonyl (C=O) groups is 1. The van der Waals surface area contributed by atoms with Crippen LogP contribution in [-0.2, 0) is 34.0 Å². The average molecular weight is 469 g/mol. The van der Waals surface area contributed by atoms with Crippen LogP contribution in [0.4, 0.5) is 13.2 Å². The summed E-state index contributed by atoms with van der Waals surface area (Å²) in [5.74, 6) is -0.230. The summed E-state index contributed by atoms with van der Waals surface area (Å²) in [6.07, 6.45) is 0.0844. The largest absolute Gasteiger partial charge is 0.416 e. The van der Waals surface area contributed by atoms with Crippen LogP contribution in [0.25, 0.3) is 0 Å². The fourth-order valence-electron chi connectivity index (χ4n) is 3.62. The third-order valence-electron chi connectivity index (χ3n) is 5.54. The number of benzene rings is 2. The first kappa shape index (κ1) is 24.3. The van der Waals surface area contributed by atoms with Crippen molar-refractivity contribution in [1.82, 2.24) is 9.62 Å². The van der Waals surface area contributed by atoms with Crippen LogP contribution in [0.1, 0.15) is 48.8 Å². The Kier molecular flexibility index (Phi) is 7.95. The van der Waals surface area contributed by atoms with Gasteiger partial charge >= 0.3 is 6.18 Å². The minimum Gasteiger partial charge on any atom is -0.352 e. The summed E-state index contributed by atoms with van der Waals surface area (Å²) in [7, 11) is -3.50. The Morgan fingerprint density at radius 3 is 2.00 bits per heavy atom. The highest BCUT2D eigenvalue weighted by Crippen LogP contribution is 2.29. The number of hydrogen-bond acceptors (Lipinski definition) is 3. The first-order valence-corrected chi connectivity index (χ1v) is 12.1. The summed E-state index contributed by atoms with van der Waals surface area (Å²) in [5.41, 5.74) is 0.688. The summed E-state index contributed by atoms with van der Waals surface area (Å²) in [5, 5.41) is 2.69. The number of aryl methyl sites for hydroxylation is 1. The lowest BCUT2D eigenvalue weighted by Gasteiger charge is -2.20. The molecule has 2 aromatic carbocycles. The molecule has 0 aromatic heterocycles. The van der Waals surface area contributed by atoms with E-state index in [-0.39, 0.29) is 23.8 Å². The molecule has 0 bridgehead atoms. The van der Waals surface area contributed by atoms with Gasteiger partial charge in [-0.25, -0.2) is 8.42 Å². The minimum atomic E-state index is -4.39. The van der Waals surface area contributed by atoms with E-state index in [1.807, 2.05) is 0 Å². The number of sulfonamides is 1. The first-order chi connectivity index (χ1) is 15.2. The molecule has 174 valence electrons. The van der Waals surface area contributed by atoms with Gasteiger partial charge in [0, 0.05) is 26.1 Å². The van der Waals surface area contributed by atoms with Gasteiger partial charge < -0.3 is 5.32 Å². The topological polar surface area (TPSA) is 66.5 Å². The van der Waals surface area contributed by atoms with Gasteiger partial charge in [0.1, 0.15) is 0 Å².